The van der Waals surface area contributed by atoms with Gasteiger partial charge in [-0.15, -0.1) is 0 Å². The fourth-order valence-electron chi connectivity index (χ4n) is 0.367. The molecular weight excluding hydrogens is 112 g/mol. The summed E-state index contributed by atoms with van der Waals surface area (Å²) in [6.07, 6.45) is 3.67. The van der Waals surface area contributed by atoms with Crippen molar-refractivity contribution < 1.29 is 0 Å². The lowest BCUT2D eigenvalue weighted by atomic mass is 10.5. The van der Waals surface area contributed by atoms with Gasteiger partial charge in [0.05, 0.1) is 6.54 Å². The summed E-state index contributed by atoms with van der Waals surface area (Å²) in [7, 11) is 0. The van der Waals surface area contributed by atoms with Crippen LogP contribution in [0.5, 0.6) is 0 Å². The van der Waals surface area contributed by atoms with Gasteiger partial charge in [0.1, 0.15) is 5.17 Å². The lowest BCUT2D eigenvalue weighted by Gasteiger charge is -1.98. The highest BCUT2D eigenvalue weighted by atomic mass is 35.5. The standard InChI is InChI=1S/C4H5ClN2/c5-4-2-1-3-6-7-4/h1-2,6H,3H2. The Balaban J connectivity index is 2.58. The highest BCUT2D eigenvalue weighted by Gasteiger charge is 1.88. The van der Waals surface area contributed by atoms with Crippen molar-refractivity contribution in [2.24, 2.45) is 5.10 Å². The van der Waals surface area contributed by atoms with Gasteiger partial charge in [-0.25, -0.2) is 0 Å². The number of hydrogen-bond acceptors (Lipinski definition) is 2. The van der Waals surface area contributed by atoms with E-state index < -0.39 is 0 Å². The largest absolute Gasteiger partial charge is 0.305 e. The van der Waals surface area contributed by atoms with Crippen molar-refractivity contribution in [3.05, 3.63) is 12.2 Å². The molecule has 0 spiro atoms. The Morgan fingerprint density at radius 1 is 1.86 bits per heavy atom. The molecule has 0 saturated carbocycles. The van der Waals surface area contributed by atoms with Crippen LogP contribution in [0.4, 0.5) is 0 Å². The van der Waals surface area contributed by atoms with Crippen molar-refractivity contribution >= 4 is 16.8 Å². The van der Waals surface area contributed by atoms with E-state index in [1.807, 2.05) is 6.08 Å². The minimum absolute atomic E-state index is 0.520. The second-order valence-electron chi connectivity index (χ2n) is 1.20. The van der Waals surface area contributed by atoms with Crippen LogP contribution in [0.15, 0.2) is 17.3 Å². The normalized spacial score (nSPS) is 18.1. The molecule has 1 heterocycles. The molecule has 0 atom stereocenters. The first-order valence-electron chi connectivity index (χ1n) is 2.02. The molecule has 38 valence electrons. The van der Waals surface area contributed by atoms with Gasteiger partial charge in [0.2, 0.25) is 0 Å². The minimum atomic E-state index is 0.520. The van der Waals surface area contributed by atoms with E-state index in [1.165, 1.54) is 0 Å². The lowest BCUT2D eigenvalue weighted by molar-refractivity contribution is 0.821. The number of rotatable bonds is 0. The molecule has 3 heteroatoms. The molecule has 0 aliphatic carbocycles. The van der Waals surface area contributed by atoms with Crippen LogP contribution in [0.3, 0.4) is 0 Å². The molecule has 2 nitrogen and oxygen atoms in total. The molecule has 0 aromatic carbocycles. The average molecular weight is 117 g/mol. The maximum Gasteiger partial charge on any atom is 0.148 e. The summed E-state index contributed by atoms with van der Waals surface area (Å²) in [6, 6.07) is 0. The number of hydrazone groups is 1. The van der Waals surface area contributed by atoms with Gasteiger partial charge in [0.25, 0.3) is 0 Å². The van der Waals surface area contributed by atoms with E-state index in [-0.39, 0.29) is 0 Å². The quantitative estimate of drug-likeness (QED) is 0.495. The summed E-state index contributed by atoms with van der Waals surface area (Å²) in [6.45, 7) is 0.788. The molecule has 0 fully saturated rings. The van der Waals surface area contributed by atoms with Gasteiger partial charge in [0, 0.05) is 0 Å². The Hall–Kier alpha value is -0.500. The highest BCUT2D eigenvalue weighted by molar-refractivity contribution is 6.68. The number of nitrogens with one attached hydrogen (secondary N) is 1. The third-order valence-corrected chi connectivity index (χ3v) is 0.861. The van der Waals surface area contributed by atoms with E-state index in [1.54, 1.807) is 6.08 Å². The van der Waals surface area contributed by atoms with Crippen molar-refractivity contribution in [2.45, 2.75) is 0 Å². The van der Waals surface area contributed by atoms with E-state index in [2.05, 4.69) is 10.5 Å². The van der Waals surface area contributed by atoms with Crippen LogP contribution >= 0.6 is 11.6 Å². The zero-order valence-electron chi connectivity index (χ0n) is 3.69. The van der Waals surface area contributed by atoms with Crippen molar-refractivity contribution in [1.29, 1.82) is 0 Å². The maximum atomic E-state index is 5.42. The van der Waals surface area contributed by atoms with Crippen LogP contribution in [0.1, 0.15) is 0 Å². The monoisotopic (exact) mass is 116 g/mol. The van der Waals surface area contributed by atoms with Crippen molar-refractivity contribution in [3.63, 3.8) is 0 Å². The fraction of sp³-hybridized carbons (Fsp3) is 0.250. The van der Waals surface area contributed by atoms with Gasteiger partial charge < -0.3 is 5.43 Å². The average Bonchev–Trinajstić information content (AvgIpc) is 1.69. The SMILES string of the molecule is ClC1=NNCC=C1. The van der Waals surface area contributed by atoms with Crippen LogP contribution in [-0.2, 0) is 0 Å². The molecule has 0 amide bonds. The van der Waals surface area contributed by atoms with Crippen LogP contribution in [0.2, 0.25) is 0 Å². The van der Waals surface area contributed by atoms with Crippen molar-refractivity contribution in [2.75, 3.05) is 6.54 Å². The molecule has 1 aliphatic heterocycles. The first kappa shape index (κ1) is 4.65. The Bertz CT molecular complexity index is 117. The molecule has 0 radical (unpaired) electrons. The van der Waals surface area contributed by atoms with Crippen molar-refractivity contribution in [3.8, 4) is 0 Å². The summed E-state index contributed by atoms with van der Waals surface area (Å²) < 4.78 is 0. The van der Waals surface area contributed by atoms with E-state index in [0.29, 0.717) is 5.17 Å². The van der Waals surface area contributed by atoms with Crippen LogP contribution in [0.25, 0.3) is 0 Å². The molecule has 1 N–H and O–H groups in total. The molecule has 0 aromatic heterocycles. The molecule has 0 bridgehead atoms. The summed E-state index contributed by atoms with van der Waals surface area (Å²) in [5.41, 5.74) is 2.70. The second kappa shape index (κ2) is 1.98. The number of hydrogen-bond donors (Lipinski definition) is 1. The second-order valence-corrected chi connectivity index (χ2v) is 1.59. The third kappa shape index (κ3) is 1.20. The molecule has 1 rings (SSSR count). The molecule has 7 heavy (non-hydrogen) atoms. The molecule has 0 unspecified atom stereocenters. The van der Waals surface area contributed by atoms with Gasteiger partial charge in [0.15, 0.2) is 0 Å². The number of halogens is 1. The van der Waals surface area contributed by atoms with E-state index in [4.69, 9.17) is 11.6 Å². The van der Waals surface area contributed by atoms with Gasteiger partial charge in [-0.05, 0) is 6.08 Å². The number of nitrogens with zero attached hydrogens (tertiary/aromatic N) is 1. The predicted molar refractivity (Wildman–Crippen MR) is 30.4 cm³/mol. The first-order valence-corrected chi connectivity index (χ1v) is 2.40. The smallest absolute Gasteiger partial charge is 0.148 e. The van der Waals surface area contributed by atoms with E-state index >= 15 is 0 Å². The van der Waals surface area contributed by atoms with Gasteiger partial charge >= 0.3 is 0 Å². The number of allylic oxidation sites excluding steroid dienone is 1. The fourth-order valence-corrected chi connectivity index (χ4v) is 0.516. The Labute approximate surface area is 46.9 Å². The van der Waals surface area contributed by atoms with Crippen molar-refractivity contribution in [1.82, 2.24) is 5.43 Å². The minimum Gasteiger partial charge on any atom is -0.305 e. The van der Waals surface area contributed by atoms with Crippen LogP contribution < -0.4 is 5.43 Å². The summed E-state index contributed by atoms with van der Waals surface area (Å²) in [5.74, 6) is 0. The summed E-state index contributed by atoms with van der Waals surface area (Å²) in [5, 5.41) is 4.19. The highest BCUT2D eigenvalue weighted by Crippen LogP contribution is 1.89. The van der Waals surface area contributed by atoms with Gasteiger partial charge in [-0.3, -0.25) is 0 Å². The third-order valence-electron chi connectivity index (χ3n) is 0.650. The topological polar surface area (TPSA) is 24.4 Å². The Morgan fingerprint density at radius 2 is 2.71 bits per heavy atom. The Kier molecular flexibility index (Phi) is 1.32. The molecule has 1 aliphatic rings. The predicted octanol–water partition coefficient (Wildman–Crippen LogP) is 0.698. The van der Waals surface area contributed by atoms with Gasteiger partial charge in [-0.2, -0.15) is 5.10 Å². The zero-order valence-corrected chi connectivity index (χ0v) is 4.44. The maximum absolute atomic E-state index is 5.42. The molecule has 0 saturated heterocycles. The molecule has 0 aromatic rings. The van der Waals surface area contributed by atoms with Gasteiger partial charge in [-0.1, -0.05) is 17.7 Å². The summed E-state index contributed by atoms with van der Waals surface area (Å²) >= 11 is 5.42. The molecular formula is C4H5ClN2. The zero-order chi connectivity index (χ0) is 5.11. The van der Waals surface area contributed by atoms with Crippen LogP contribution in [0, 0.1) is 0 Å². The van der Waals surface area contributed by atoms with E-state index in [9.17, 15) is 0 Å². The Morgan fingerprint density at radius 3 is 3.00 bits per heavy atom. The van der Waals surface area contributed by atoms with Crippen LogP contribution in [-0.4, -0.2) is 11.7 Å². The van der Waals surface area contributed by atoms with E-state index in [0.717, 1.165) is 6.54 Å². The lowest BCUT2D eigenvalue weighted by Crippen LogP contribution is -2.10. The summed E-state index contributed by atoms with van der Waals surface area (Å²) in [4.78, 5) is 0. The first-order chi connectivity index (χ1) is 3.39.